The highest BCUT2D eigenvalue weighted by Crippen LogP contribution is 2.33. The van der Waals surface area contributed by atoms with Gasteiger partial charge in [0.05, 0.1) is 0 Å². The lowest BCUT2D eigenvalue weighted by molar-refractivity contribution is 0.639. The normalized spacial score (nSPS) is 16.3. The Morgan fingerprint density at radius 1 is 1.28 bits per heavy atom. The number of nitrogens with one attached hydrogen (secondary N) is 1. The molecule has 0 saturated heterocycles. The maximum Gasteiger partial charge on any atom is 0.137 e. The number of anilines is 2. The van der Waals surface area contributed by atoms with Crippen LogP contribution in [0.3, 0.4) is 0 Å². The van der Waals surface area contributed by atoms with E-state index in [0.717, 1.165) is 11.6 Å². The van der Waals surface area contributed by atoms with Gasteiger partial charge < -0.3 is 10.2 Å². The van der Waals surface area contributed by atoms with Gasteiger partial charge in [-0.2, -0.15) is 0 Å². The molecule has 1 aliphatic carbocycles. The topological polar surface area (TPSA) is 41.1 Å². The summed E-state index contributed by atoms with van der Waals surface area (Å²) in [4.78, 5) is 11.2. The van der Waals surface area contributed by atoms with Gasteiger partial charge in [0.2, 0.25) is 0 Å². The minimum absolute atomic E-state index is 0.424. The van der Waals surface area contributed by atoms with Crippen LogP contribution in [0.1, 0.15) is 51.0 Å². The van der Waals surface area contributed by atoms with Crippen LogP contribution in [-0.4, -0.2) is 30.1 Å². The quantitative estimate of drug-likeness (QED) is 0.889. The third kappa shape index (κ3) is 2.42. The van der Waals surface area contributed by atoms with Crippen LogP contribution in [0, 0.1) is 0 Å². The summed E-state index contributed by atoms with van der Waals surface area (Å²) in [5.74, 6) is 2.48. The molecular weight excluding hydrogens is 224 g/mol. The predicted octanol–water partition coefficient (Wildman–Crippen LogP) is 3.02. The van der Waals surface area contributed by atoms with E-state index in [1.165, 1.54) is 31.2 Å². The van der Waals surface area contributed by atoms with Gasteiger partial charge in [-0.25, -0.2) is 9.97 Å². The first-order valence-electron chi connectivity index (χ1n) is 6.90. The van der Waals surface area contributed by atoms with Crippen molar-refractivity contribution in [2.24, 2.45) is 0 Å². The lowest BCUT2D eigenvalue weighted by atomic mass is 10.0. The molecule has 0 unspecified atom stereocenters. The van der Waals surface area contributed by atoms with E-state index < -0.39 is 0 Å². The summed E-state index contributed by atoms with van der Waals surface area (Å²) >= 11 is 0. The van der Waals surface area contributed by atoms with Crippen molar-refractivity contribution in [3.05, 3.63) is 11.9 Å². The molecule has 0 spiro atoms. The first kappa shape index (κ1) is 13.1. The second-order valence-electron chi connectivity index (χ2n) is 5.41. The average molecular weight is 248 g/mol. The molecule has 100 valence electrons. The van der Waals surface area contributed by atoms with Gasteiger partial charge in [-0.05, 0) is 18.8 Å². The second kappa shape index (κ2) is 5.55. The Labute approximate surface area is 110 Å². The van der Waals surface area contributed by atoms with Crippen LogP contribution in [0.4, 0.5) is 11.6 Å². The van der Waals surface area contributed by atoms with Crippen molar-refractivity contribution in [2.75, 3.05) is 24.3 Å². The van der Waals surface area contributed by atoms with E-state index in [1.807, 2.05) is 7.05 Å². The van der Waals surface area contributed by atoms with Crippen molar-refractivity contribution in [1.29, 1.82) is 0 Å². The van der Waals surface area contributed by atoms with Crippen molar-refractivity contribution in [3.8, 4) is 0 Å². The molecule has 1 aromatic rings. The molecule has 1 fully saturated rings. The Bertz CT molecular complexity index is 397. The van der Waals surface area contributed by atoms with E-state index in [-0.39, 0.29) is 0 Å². The Hall–Kier alpha value is -1.32. The van der Waals surface area contributed by atoms with E-state index >= 15 is 0 Å². The highest BCUT2D eigenvalue weighted by Gasteiger charge is 2.24. The van der Waals surface area contributed by atoms with Crippen LogP contribution in [0.5, 0.6) is 0 Å². The van der Waals surface area contributed by atoms with Gasteiger partial charge in [-0.15, -0.1) is 0 Å². The lowest BCUT2D eigenvalue weighted by Crippen LogP contribution is -2.31. The molecule has 0 atom stereocenters. The molecule has 0 aromatic carbocycles. The summed E-state index contributed by atoms with van der Waals surface area (Å²) in [6, 6.07) is 0.641. The molecule has 0 bridgehead atoms. The fraction of sp³-hybridized carbons (Fsp3) is 0.714. The van der Waals surface area contributed by atoms with Gasteiger partial charge in [0.1, 0.15) is 18.0 Å². The molecule has 1 aromatic heterocycles. The third-order valence-electron chi connectivity index (χ3n) is 3.88. The molecule has 0 radical (unpaired) electrons. The molecule has 1 aliphatic rings. The Morgan fingerprint density at radius 3 is 2.50 bits per heavy atom. The summed E-state index contributed by atoms with van der Waals surface area (Å²) < 4.78 is 0. The first-order chi connectivity index (χ1) is 8.65. The smallest absolute Gasteiger partial charge is 0.137 e. The fourth-order valence-corrected chi connectivity index (χ4v) is 2.86. The third-order valence-corrected chi connectivity index (χ3v) is 3.88. The monoisotopic (exact) mass is 248 g/mol. The number of hydrogen-bond donors (Lipinski definition) is 1. The lowest BCUT2D eigenvalue weighted by Gasteiger charge is -2.29. The minimum Gasteiger partial charge on any atom is -0.373 e. The van der Waals surface area contributed by atoms with Crippen LogP contribution in [0.2, 0.25) is 0 Å². The highest BCUT2D eigenvalue weighted by molar-refractivity contribution is 5.60. The van der Waals surface area contributed by atoms with E-state index in [0.29, 0.717) is 12.0 Å². The van der Waals surface area contributed by atoms with E-state index in [9.17, 15) is 0 Å². The fourth-order valence-electron chi connectivity index (χ4n) is 2.86. The largest absolute Gasteiger partial charge is 0.373 e. The highest BCUT2D eigenvalue weighted by atomic mass is 15.2. The van der Waals surface area contributed by atoms with Crippen LogP contribution < -0.4 is 10.2 Å². The molecular formula is C14H24N4. The summed E-state index contributed by atoms with van der Waals surface area (Å²) in [6.07, 6.45) is 6.92. The minimum atomic E-state index is 0.424. The van der Waals surface area contributed by atoms with Gasteiger partial charge in [0, 0.05) is 25.7 Å². The molecule has 4 heteroatoms. The predicted molar refractivity (Wildman–Crippen MR) is 76.3 cm³/mol. The second-order valence-corrected chi connectivity index (χ2v) is 5.41. The number of aromatic nitrogens is 2. The number of rotatable bonds is 4. The summed E-state index contributed by atoms with van der Waals surface area (Å²) in [7, 11) is 4.09. The van der Waals surface area contributed by atoms with Gasteiger partial charge in [-0.3, -0.25) is 0 Å². The maximum absolute atomic E-state index is 4.53. The van der Waals surface area contributed by atoms with Gasteiger partial charge in [-0.1, -0.05) is 26.7 Å². The summed E-state index contributed by atoms with van der Waals surface area (Å²) in [5, 5.41) is 3.18. The molecule has 1 heterocycles. The Balaban J connectivity index is 2.36. The molecule has 0 aliphatic heterocycles. The van der Waals surface area contributed by atoms with E-state index in [1.54, 1.807) is 6.33 Å². The zero-order chi connectivity index (χ0) is 13.1. The van der Waals surface area contributed by atoms with Crippen LogP contribution in [-0.2, 0) is 0 Å². The van der Waals surface area contributed by atoms with Crippen LogP contribution in [0.25, 0.3) is 0 Å². The first-order valence-corrected chi connectivity index (χ1v) is 6.90. The van der Waals surface area contributed by atoms with Crippen molar-refractivity contribution in [3.63, 3.8) is 0 Å². The van der Waals surface area contributed by atoms with Gasteiger partial charge >= 0.3 is 0 Å². The number of hydrogen-bond acceptors (Lipinski definition) is 4. The maximum atomic E-state index is 4.53. The molecule has 1 N–H and O–H groups in total. The zero-order valence-electron chi connectivity index (χ0n) is 11.9. The van der Waals surface area contributed by atoms with Crippen molar-refractivity contribution >= 4 is 11.6 Å². The van der Waals surface area contributed by atoms with Gasteiger partial charge in [0.15, 0.2) is 0 Å². The van der Waals surface area contributed by atoms with Crippen molar-refractivity contribution in [2.45, 2.75) is 51.5 Å². The molecule has 18 heavy (non-hydrogen) atoms. The summed E-state index contributed by atoms with van der Waals surface area (Å²) in [6.45, 7) is 4.40. The Kier molecular flexibility index (Phi) is 4.04. The van der Waals surface area contributed by atoms with Crippen LogP contribution in [0.15, 0.2) is 6.33 Å². The SMILES string of the molecule is CNc1ncnc(N(C)C2CCCC2)c1C(C)C. The van der Waals surface area contributed by atoms with E-state index in [2.05, 4.69) is 41.1 Å². The molecule has 2 rings (SSSR count). The summed E-state index contributed by atoms with van der Waals surface area (Å²) in [5.41, 5.74) is 1.23. The Morgan fingerprint density at radius 2 is 1.94 bits per heavy atom. The molecule has 0 amide bonds. The van der Waals surface area contributed by atoms with Crippen molar-refractivity contribution < 1.29 is 0 Å². The van der Waals surface area contributed by atoms with Crippen LogP contribution >= 0.6 is 0 Å². The van der Waals surface area contributed by atoms with E-state index in [4.69, 9.17) is 0 Å². The standard InChI is InChI=1S/C14H24N4/c1-10(2)12-13(15-3)16-9-17-14(12)18(4)11-7-5-6-8-11/h9-11H,5-8H2,1-4H3,(H,15,16,17). The zero-order valence-corrected chi connectivity index (χ0v) is 11.9. The number of nitrogens with zero attached hydrogens (tertiary/aromatic N) is 3. The molecule has 4 nitrogen and oxygen atoms in total. The van der Waals surface area contributed by atoms with Gasteiger partial charge in [0.25, 0.3) is 0 Å². The average Bonchev–Trinajstić information content (AvgIpc) is 2.90. The van der Waals surface area contributed by atoms with Crippen molar-refractivity contribution in [1.82, 2.24) is 9.97 Å². The molecule has 1 saturated carbocycles.